The minimum Gasteiger partial charge on any atom is -0.369 e. The van der Waals surface area contributed by atoms with E-state index in [4.69, 9.17) is 11.5 Å². The molecule has 0 spiro atoms. The molecule has 1 rings (SSSR count). The molecular formula is C14H29N3O. The smallest absolute Gasteiger partial charge is 0.231 e. The maximum atomic E-state index is 11.3. The Bertz CT molecular complexity index is 268. The Morgan fingerprint density at radius 1 is 1.39 bits per heavy atom. The Hall–Kier alpha value is -0.610. The monoisotopic (exact) mass is 255 g/mol. The minimum atomic E-state index is -0.232. The molecule has 0 aromatic rings. The van der Waals surface area contributed by atoms with E-state index in [1.54, 1.807) is 0 Å². The second-order valence-electron chi connectivity index (χ2n) is 6.27. The first-order chi connectivity index (χ1) is 8.43. The Labute approximate surface area is 111 Å². The molecule has 4 N–H and O–H groups in total. The van der Waals surface area contributed by atoms with Crippen molar-refractivity contribution in [2.75, 3.05) is 19.6 Å². The largest absolute Gasteiger partial charge is 0.369 e. The SMILES string of the molecule is CC(C)CN(CC(N)=O)C1CC(C)CCC1CN. The highest BCUT2D eigenvalue weighted by Crippen LogP contribution is 2.32. The molecule has 0 saturated heterocycles. The molecule has 4 heteroatoms. The van der Waals surface area contributed by atoms with Crippen LogP contribution >= 0.6 is 0 Å². The third-order valence-electron chi connectivity index (χ3n) is 3.95. The van der Waals surface area contributed by atoms with Gasteiger partial charge in [-0.05, 0) is 37.1 Å². The highest BCUT2D eigenvalue weighted by molar-refractivity contribution is 5.75. The number of hydrogen-bond acceptors (Lipinski definition) is 3. The van der Waals surface area contributed by atoms with Crippen molar-refractivity contribution in [1.29, 1.82) is 0 Å². The van der Waals surface area contributed by atoms with Crippen LogP contribution in [-0.4, -0.2) is 36.5 Å². The predicted octanol–water partition coefficient (Wildman–Crippen LogP) is 1.19. The molecule has 1 saturated carbocycles. The zero-order valence-corrected chi connectivity index (χ0v) is 12.1. The lowest BCUT2D eigenvalue weighted by atomic mass is 9.78. The van der Waals surface area contributed by atoms with Crippen molar-refractivity contribution in [3.8, 4) is 0 Å². The number of rotatable bonds is 6. The summed E-state index contributed by atoms with van der Waals surface area (Å²) >= 11 is 0. The van der Waals surface area contributed by atoms with E-state index in [2.05, 4.69) is 25.7 Å². The molecule has 0 radical (unpaired) electrons. The zero-order chi connectivity index (χ0) is 13.7. The fraction of sp³-hybridized carbons (Fsp3) is 0.929. The molecule has 1 fully saturated rings. The lowest BCUT2D eigenvalue weighted by Gasteiger charge is -2.42. The van der Waals surface area contributed by atoms with Crippen LogP contribution in [0.4, 0.5) is 0 Å². The van der Waals surface area contributed by atoms with Crippen molar-refractivity contribution in [1.82, 2.24) is 4.90 Å². The standard InChI is InChI=1S/C14H29N3O/c1-10(2)8-17(9-14(16)18)13-6-11(3)4-5-12(13)7-15/h10-13H,4-9,15H2,1-3H3,(H2,16,18). The summed E-state index contributed by atoms with van der Waals surface area (Å²) in [6.45, 7) is 8.65. The molecule has 0 aromatic heterocycles. The minimum absolute atomic E-state index is 0.232. The van der Waals surface area contributed by atoms with E-state index in [9.17, 15) is 4.79 Å². The highest BCUT2D eigenvalue weighted by atomic mass is 16.1. The molecule has 0 aromatic carbocycles. The molecule has 3 unspecified atom stereocenters. The first kappa shape index (κ1) is 15.4. The molecular weight excluding hydrogens is 226 g/mol. The molecule has 0 heterocycles. The van der Waals surface area contributed by atoms with Crippen molar-refractivity contribution in [2.45, 2.75) is 46.1 Å². The molecule has 1 aliphatic carbocycles. The van der Waals surface area contributed by atoms with Crippen molar-refractivity contribution in [2.24, 2.45) is 29.2 Å². The van der Waals surface area contributed by atoms with Crippen molar-refractivity contribution >= 4 is 5.91 Å². The van der Waals surface area contributed by atoms with Crippen molar-refractivity contribution in [3.05, 3.63) is 0 Å². The van der Waals surface area contributed by atoms with Crippen LogP contribution < -0.4 is 11.5 Å². The van der Waals surface area contributed by atoms with Crippen LogP contribution in [0.15, 0.2) is 0 Å². The summed E-state index contributed by atoms with van der Waals surface area (Å²) < 4.78 is 0. The Morgan fingerprint density at radius 3 is 2.56 bits per heavy atom. The van der Waals surface area contributed by atoms with Gasteiger partial charge in [0.05, 0.1) is 6.54 Å². The number of primary amides is 1. The molecule has 106 valence electrons. The lowest BCUT2D eigenvalue weighted by Crippen LogP contribution is -2.50. The van der Waals surface area contributed by atoms with E-state index < -0.39 is 0 Å². The van der Waals surface area contributed by atoms with Crippen LogP contribution in [-0.2, 0) is 4.79 Å². The molecule has 1 amide bonds. The van der Waals surface area contributed by atoms with Crippen LogP contribution in [0.25, 0.3) is 0 Å². The number of nitrogens with zero attached hydrogens (tertiary/aromatic N) is 1. The first-order valence-electron chi connectivity index (χ1n) is 7.16. The Kier molecular flexibility index (Phi) is 6.09. The van der Waals surface area contributed by atoms with Crippen LogP contribution in [0.2, 0.25) is 0 Å². The van der Waals surface area contributed by atoms with E-state index in [0.717, 1.165) is 18.9 Å². The summed E-state index contributed by atoms with van der Waals surface area (Å²) in [5, 5.41) is 0. The van der Waals surface area contributed by atoms with Gasteiger partial charge in [-0.1, -0.05) is 27.2 Å². The van der Waals surface area contributed by atoms with Crippen LogP contribution in [0, 0.1) is 17.8 Å². The molecule has 1 aliphatic rings. The van der Waals surface area contributed by atoms with Gasteiger partial charge in [-0.25, -0.2) is 0 Å². The number of nitrogens with two attached hydrogens (primary N) is 2. The molecule has 3 atom stereocenters. The van der Waals surface area contributed by atoms with Crippen LogP contribution in [0.5, 0.6) is 0 Å². The summed E-state index contributed by atoms with van der Waals surface area (Å²) in [6, 6.07) is 0.425. The van der Waals surface area contributed by atoms with E-state index in [0.29, 0.717) is 31.0 Å². The fourth-order valence-corrected chi connectivity index (χ4v) is 3.12. The van der Waals surface area contributed by atoms with E-state index >= 15 is 0 Å². The van der Waals surface area contributed by atoms with Gasteiger partial charge in [-0.3, -0.25) is 9.69 Å². The van der Waals surface area contributed by atoms with Gasteiger partial charge in [0.25, 0.3) is 0 Å². The maximum Gasteiger partial charge on any atom is 0.231 e. The Balaban J connectivity index is 2.75. The van der Waals surface area contributed by atoms with E-state index in [1.165, 1.54) is 12.8 Å². The third kappa shape index (κ3) is 4.58. The second kappa shape index (κ2) is 7.10. The average Bonchev–Trinajstić information content (AvgIpc) is 2.26. The van der Waals surface area contributed by atoms with Gasteiger partial charge >= 0.3 is 0 Å². The van der Waals surface area contributed by atoms with Crippen LogP contribution in [0.3, 0.4) is 0 Å². The third-order valence-corrected chi connectivity index (χ3v) is 3.95. The van der Waals surface area contributed by atoms with E-state index in [1.807, 2.05) is 0 Å². The lowest BCUT2D eigenvalue weighted by molar-refractivity contribution is -0.120. The summed E-state index contributed by atoms with van der Waals surface area (Å²) in [5.41, 5.74) is 11.3. The van der Waals surface area contributed by atoms with Crippen LogP contribution in [0.1, 0.15) is 40.0 Å². The number of amides is 1. The first-order valence-corrected chi connectivity index (χ1v) is 7.16. The average molecular weight is 255 g/mol. The van der Waals surface area contributed by atoms with Crippen molar-refractivity contribution in [3.63, 3.8) is 0 Å². The van der Waals surface area contributed by atoms with Gasteiger partial charge in [-0.15, -0.1) is 0 Å². The van der Waals surface area contributed by atoms with Gasteiger partial charge in [0, 0.05) is 12.6 Å². The zero-order valence-electron chi connectivity index (χ0n) is 12.1. The summed E-state index contributed by atoms with van der Waals surface area (Å²) in [6.07, 6.45) is 3.57. The second-order valence-corrected chi connectivity index (χ2v) is 6.27. The number of carbonyl (C=O) groups excluding carboxylic acids is 1. The number of hydrogen-bond donors (Lipinski definition) is 2. The van der Waals surface area contributed by atoms with Crippen molar-refractivity contribution < 1.29 is 4.79 Å². The topological polar surface area (TPSA) is 72.3 Å². The highest BCUT2D eigenvalue weighted by Gasteiger charge is 2.32. The quantitative estimate of drug-likeness (QED) is 0.749. The van der Waals surface area contributed by atoms with Gasteiger partial charge in [0.15, 0.2) is 0 Å². The molecule has 0 bridgehead atoms. The molecule has 18 heavy (non-hydrogen) atoms. The summed E-state index contributed by atoms with van der Waals surface area (Å²) in [5.74, 6) is 1.55. The summed E-state index contributed by atoms with van der Waals surface area (Å²) in [7, 11) is 0. The maximum absolute atomic E-state index is 11.3. The van der Waals surface area contributed by atoms with Gasteiger partial charge < -0.3 is 11.5 Å². The molecule has 0 aliphatic heterocycles. The number of carbonyl (C=O) groups is 1. The van der Waals surface area contributed by atoms with Gasteiger partial charge in [0.2, 0.25) is 5.91 Å². The molecule has 4 nitrogen and oxygen atoms in total. The van der Waals surface area contributed by atoms with Gasteiger partial charge in [0.1, 0.15) is 0 Å². The summed E-state index contributed by atoms with van der Waals surface area (Å²) in [4.78, 5) is 13.5. The van der Waals surface area contributed by atoms with E-state index in [-0.39, 0.29) is 5.91 Å². The fourth-order valence-electron chi connectivity index (χ4n) is 3.12. The van der Waals surface area contributed by atoms with Gasteiger partial charge in [-0.2, -0.15) is 0 Å². The Morgan fingerprint density at radius 2 is 2.06 bits per heavy atom. The normalized spacial score (nSPS) is 28.9. The predicted molar refractivity (Wildman–Crippen MR) is 75.0 cm³/mol.